The number of nitrogen functional groups attached to an aromatic ring is 1. The van der Waals surface area contributed by atoms with Crippen LogP contribution in [0, 0.1) is 0 Å². The molecule has 7 nitrogen and oxygen atoms in total. The van der Waals surface area contributed by atoms with Gasteiger partial charge in [0.2, 0.25) is 5.91 Å². The van der Waals surface area contributed by atoms with E-state index in [1.165, 1.54) is 0 Å². The zero-order valence-electron chi connectivity index (χ0n) is 18.9. The normalized spacial score (nSPS) is 13.7. The zero-order valence-corrected chi connectivity index (χ0v) is 18.9. The molecule has 4 aromatic rings. The Morgan fingerprint density at radius 2 is 1.59 bits per heavy atom. The Balaban J connectivity index is 1.87. The molecule has 0 spiro atoms. The van der Waals surface area contributed by atoms with E-state index in [9.17, 15) is 14.4 Å². The van der Waals surface area contributed by atoms with Gasteiger partial charge >= 0.3 is 0 Å². The summed E-state index contributed by atoms with van der Waals surface area (Å²) in [6.45, 7) is 1.83. The van der Waals surface area contributed by atoms with Crippen molar-refractivity contribution in [1.82, 2.24) is 0 Å². The highest BCUT2D eigenvalue weighted by molar-refractivity contribution is 5.88. The van der Waals surface area contributed by atoms with Crippen molar-refractivity contribution < 1.29 is 9.53 Å². The molecule has 5 N–H and O–H groups in total. The van der Waals surface area contributed by atoms with Gasteiger partial charge in [0.1, 0.15) is 17.1 Å². The number of nitrogens with two attached hydrogens (primary N) is 2. The van der Waals surface area contributed by atoms with Gasteiger partial charge in [0.25, 0.3) is 10.9 Å². The smallest absolute Gasteiger partial charge is 0.253 e. The number of ether oxygens (including phenoxy) is 1. The van der Waals surface area contributed by atoms with E-state index in [1.54, 1.807) is 13.2 Å². The van der Waals surface area contributed by atoms with Crippen molar-refractivity contribution in [3.05, 3.63) is 116 Å². The van der Waals surface area contributed by atoms with Crippen molar-refractivity contribution in [2.45, 2.75) is 18.3 Å². The van der Waals surface area contributed by atoms with E-state index in [4.69, 9.17) is 16.2 Å². The largest absolute Gasteiger partial charge is 0.497 e. The average Bonchev–Trinajstić information content (AvgIpc) is 2.87. The van der Waals surface area contributed by atoms with Crippen LogP contribution in [0.1, 0.15) is 29.5 Å². The molecule has 0 bridgehead atoms. The number of hydrogen-bond donors (Lipinski definition) is 3. The molecule has 4 aromatic carbocycles. The third-order valence-electron chi connectivity index (χ3n) is 6.35. The second-order valence-corrected chi connectivity index (χ2v) is 8.34. The molecule has 172 valence electrons. The van der Waals surface area contributed by atoms with Crippen LogP contribution < -0.4 is 32.4 Å². The molecule has 0 aromatic heterocycles. The predicted octanol–water partition coefficient (Wildman–Crippen LogP) is 3.19. The molecule has 0 radical (unpaired) electrons. The lowest BCUT2D eigenvalue weighted by atomic mass is 9.65. The zero-order chi connectivity index (χ0) is 24.5. The highest BCUT2D eigenvalue weighted by atomic mass is 16.5. The molecule has 2 unspecified atom stereocenters. The van der Waals surface area contributed by atoms with Crippen molar-refractivity contribution in [2.75, 3.05) is 18.2 Å². The first-order valence-electron chi connectivity index (χ1n) is 10.7. The quantitative estimate of drug-likeness (QED) is 0.351. The van der Waals surface area contributed by atoms with E-state index >= 15 is 0 Å². The molecule has 7 heteroatoms. The van der Waals surface area contributed by atoms with E-state index in [0.29, 0.717) is 11.4 Å². The third-order valence-corrected chi connectivity index (χ3v) is 6.35. The van der Waals surface area contributed by atoms with Crippen molar-refractivity contribution in [3.63, 3.8) is 0 Å². The predicted molar refractivity (Wildman–Crippen MR) is 133 cm³/mol. The third kappa shape index (κ3) is 3.81. The molecular formula is C27H25N3O4. The number of carbonyl (C=O) groups excluding carboxylic acids is 1. The van der Waals surface area contributed by atoms with Gasteiger partial charge in [0, 0.05) is 11.6 Å². The highest BCUT2D eigenvalue weighted by Gasteiger charge is 2.43. The van der Waals surface area contributed by atoms with Crippen LogP contribution in [-0.4, -0.2) is 13.0 Å². The van der Waals surface area contributed by atoms with Gasteiger partial charge in [-0.2, -0.15) is 0 Å². The second kappa shape index (κ2) is 8.86. The molecule has 0 saturated heterocycles. The fraction of sp³-hybridized carbons (Fsp3) is 0.148. The summed E-state index contributed by atoms with van der Waals surface area (Å²) in [5, 5.41) is 2.94. The van der Waals surface area contributed by atoms with Crippen LogP contribution in [0.3, 0.4) is 0 Å². The number of benzene rings is 3. The van der Waals surface area contributed by atoms with Gasteiger partial charge in [-0.3, -0.25) is 14.4 Å². The summed E-state index contributed by atoms with van der Waals surface area (Å²) in [7, 11) is 1.59. The molecule has 0 fully saturated rings. The first-order valence-corrected chi connectivity index (χ1v) is 10.7. The molecule has 0 saturated carbocycles. The summed E-state index contributed by atoms with van der Waals surface area (Å²) >= 11 is 0. The number of anilines is 3. The van der Waals surface area contributed by atoms with Crippen LogP contribution in [0.2, 0.25) is 0 Å². The lowest BCUT2D eigenvalue weighted by molar-refractivity contribution is -0.123. The van der Waals surface area contributed by atoms with E-state index in [0.717, 1.165) is 16.7 Å². The van der Waals surface area contributed by atoms with Gasteiger partial charge < -0.3 is 21.5 Å². The number of carbonyl (C=O) groups is 1. The summed E-state index contributed by atoms with van der Waals surface area (Å²) in [6.07, 6.45) is 0. The van der Waals surface area contributed by atoms with Gasteiger partial charge in [0.05, 0.1) is 12.5 Å². The van der Waals surface area contributed by atoms with E-state index < -0.39 is 28.1 Å². The van der Waals surface area contributed by atoms with Crippen molar-refractivity contribution in [2.24, 2.45) is 5.73 Å². The fourth-order valence-electron chi connectivity index (χ4n) is 4.36. The molecule has 4 rings (SSSR count). The Hall–Kier alpha value is -4.39. The minimum Gasteiger partial charge on any atom is -0.497 e. The Labute approximate surface area is 196 Å². The molecule has 0 heterocycles. The van der Waals surface area contributed by atoms with Gasteiger partial charge in [0.15, 0.2) is 0 Å². The van der Waals surface area contributed by atoms with Crippen LogP contribution in [0.25, 0.3) is 0 Å². The van der Waals surface area contributed by atoms with E-state index in [2.05, 4.69) is 5.32 Å². The molecule has 0 aliphatic heterocycles. The standard InChI is InChI=1S/C27H25N3O4/c1-27(26(29)33,18-8-4-3-5-9-18)21(16-11-13-20(34-2)14-12-16)17-7-6-10-19(15-17)30-23-22(28)24(31)25(23)32/h3-15,21,30H,28H2,1-2H3,(H2,29,33). The maximum absolute atomic E-state index is 13.0. The van der Waals surface area contributed by atoms with Crippen LogP contribution in [0.15, 0.2) is 88.5 Å². The first kappa shape index (κ1) is 22.8. The van der Waals surface area contributed by atoms with E-state index in [-0.39, 0.29) is 11.4 Å². The topological polar surface area (TPSA) is 125 Å². The molecular weight excluding hydrogens is 430 g/mol. The van der Waals surface area contributed by atoms with Crippen LogP contribution in [0.5, 0.6) is 5.75 Å². The summed E-state index contributed by atoms with van der Waals surface area (Å²) in [5.41, 5.74) is 12.2. The Morgan fingerprint density at radius 1 is 0.912 bits per heavy atom. The number of hydrogen-bond acceptors (Lipinski definition) is 6. The monoisotopic (exact) mass is 455 g/mol. The maximum atomic E-state index is 13.0. The number of rotatable bonds is 8. The summed E-state index contributed by atoms with van der Waals surface area (Å²) in [6, 6.07) is 24.2. The van der Waals surface area contributed by atoms with Crippen molar-refractivity contribution >= 4 is 23.0 Å². The lowest BCUT2D eigenvalue weighted by Crippen LogP contribution is -2.44. The molecule has 1 amide bonds. The number of primary amides is 1. The minimum absolute atomic E-state index is 0.0730. The highest BCUT2D eigenvalue weighted by Crippen LogP contribution is 2.44. The lowest BCUT2D eigenvalue weighted by Gasteiger charge is -2.36. The van der Waals surface area contributed by atoms with Gasteiger partial charge in [-0.25, -0.2) is 0 Å². The summed E-state index contributed by atoms with van der Waals surface area (Å²) < 4.78 is 5.30. The van der Waals surface area contributed by atoms with E-state index in [1.807, 2.05) is 79.7 Å². The Kier molecular flexibility index (Phi) is 5.94. The minimum atomic E-state index is -1.10. The first-order chi connectivity index (χ1) is 16.3. The Bertz CT molecular complexity index is 1410. The number of nitrogens with one attached hydrogen (secondary N) is 1. The van der Waals surface area contributed by atoms with Crippen molar-refractivity contribution in [1.29, 1.82) is 0 Å². The van der Waals surface area contributed by atoms with Gasteiger partial charge in [-0.15, -0.1) is 0 Å². The Morgan fingerprint density at radius 3 is 2.18 bits per heavy atom. The van der Waals surface area contributed by atoms with Crippen LogP contribution in [0.4, 0.5) is 17.1 Å². The summed E-state index contributed by atoms with van der Waals surface area (Å²) in [4.78, 5) is 36.4. The number of methoxy groups -OCH3 is 1. The fourth-order valence-corrected chi connectivity index (χ4v) is 4.36. The maximum Gasteiger partial charge on any atom is 0.253 e. The second-order valence-electron chi connectivity index (χ2n) is 8.34. The van der Waals surface area contributed by atoms with Crippen LogP contribution in [-0.2, 0) is 10.2 Å². The van der Waals surface area contributed by atoms with Crippen molar-refractivity contribution in [3.8, 4) is 5.75 Å². The molecule has 2 atom stereocenters. The average molecular weight is 456 g/mol. The molecule has 0 aliphatic rings. The molecule has 34 heavy (non-hydrogen) atoms. The van der Waals surface area contributed by atoms with Crippen LogP contribution >= 0.6 is 0 Å². The molecule has 0 aliphatic carbocycles. The summed E-state index contributed by atoms with van der Waals surface area (Å²) in [5.74, 6) is -0.260. The van der Waals surface area contributed by atoms with Gasteiger partial charge in [-0.05, 0) is 47.9 Å². The van der Waals surface area contributed by atoms with Gasteiger partial charge in [-0.1, -0.05) is 54.6 Å². The SMILES string of the molecule is COc1ccc(C(c2cccc(Nc3c(N)c(=O)c3=O)c2)C(C)(C(N)=O)c2ccccc2)cc1. The number of amides is 1.